The molecule has 0 atom stereocenters. The summed E-state index contributed by atoms with van der Waals surface area (Å²) in [6, 6.07) is 11.8. The molecular weight excluding hydrogens is 363 g/mol. The van der Waals surface area contributed by atoms with E-state index >= 15 is 0 Å². The molecule has 2 aromatic carbocycles. The number of benzene rings is 2. The zero-order valence-corrected chi connectivity index (χ0v) is 15.3. The summed E-state index contributed by atoms with van der Waals surface area (Å²) in [7, 11) is 1.64. The molecule has 1 aliphatic rings. The third-order valence-corrected chi connectivity index (χ3v) is 4.78. The highest BCUT2D eigenvalue weighted by Gasteiger charge is 2.26. The molecule has 144 valence electrons. The molecule has 0 aliphatic carbocycles. The Balaban J connectivity index is 1.53. The summed E-state index contributed by atoms with van der Waals surface area (Å²) in [5, 5.41) is 11.0. The lowest BCUT2D eigenvalue weighted by atomic mass is 10.1. The van der Waals surface area contributed by atoms with Gasteiger partial charge in [-0.3, -0.25) is 4.79 Å². The first-order valence-electron chi connectivity index (χ1n) is 8.87. The van der Waals surface area contributed by atoms with Gasteiger partial charge in [-0.25, -0.2) is 4.39 Å². The number of carbonyl (C=O) groups is 1. The fourth-order valence-electron chi connectivity index (χ4n) is 3.36. The molecule has 4 rings (SSSR count). The topological polar surface area (TPSA) is 76.4 Å². The van der Waals surface area contributed by atoms with Gasteiger partial charge in [0, 0.05) is 26.2 Å². The molecule has 0 N–H and O–H groups in total. The van der Waals surface area contributed by atoms with Crippen LogP contribution in [0.3, 0.4) is 0 Å². The van der Waals surface area contributed by atoms with E-state index in [1.807, 2.05) is 24.3 Å². The van der Waals surface area contributed by atoms with Crippen molar-refractivity contribution in [3.05, 3.63) is 60.2 Å². The number of hydrogen-bond acceptors (Lipinski definition) is 6. The number of ether oxygens (including phenoxy) is 1. The first-order valence-corrected chi connectivity index (χ1v) is 8.87. The number of methoxy groups -OCH3 is 1. The molecule has 2 heterocycles. The molecule has 1 amide bonds. The lowest BCUT2D eigenvalue weighted by Crippen LogP contribution is -2.49. The van der Waals surface area contributed by atoms with Crippen molar-refractivity contribution >= 4 is 11.6 Å². The van der Waals surface area contributed by atoms with Crippen molar-refractivity contribution in [1.29, 1.82) is 0 Å². The van der Waals surface area contributed by atoms with Crippen LogP contribution in [0.1, 0.15) is 10.4 Å². The van der Waals surface area contributed by atoms with Gasteiger partial charge in [0.15, 0.2) is 0 Å². The second kappa shape index (κ2) is 7.63. The highest BCUT2D eigenvalue weighted by atomic mass is 19.1. The van der Waals surface area contributed by atoms with Crippen molar-refractivity contribution in [2.45, 2.75) is 0 Å². The normalized spacial score (nSPS) is 14.2. The molecule has 0 unspecified atom stereocenters. The molecule has 1 saturated heterocycles. The predicted octanol–water partition coefficient (Wildman–Crippen LogP) is 1.77. The molecule has 8 nitrogen and oxygen atoms in total. The van der Waals surface area contributed by atoms with E-state index in [-0.39, 0.29) is 11.5 Å². The molecule has 1 aliphatic heterocycles. The van der Waals surface area contributed by atoms with Crippen molar-refractivity contribution in [2.75, 3.05) is 38.2 Å². The van der Waals surface area contributed by atoms with E-state index in [2.05, 4.69) is 20.4 Å². The van der Waals surface area contributed by atoms with Gasteiger partial charge in [0.25, 0.3) is 5.91 Å². The number of piperazine rings is 1. The highest BCUT2D eigenvalue weighted by molar-refractivity contribution is 5.98. The number of nitrogens with zero attached hydrogens (tertiary/aromatic N) is 6. The Hall–Kier alpha value is -3.49. The molecule has 0 bridgehead atoms. The monoisotopic (exact) mass is 382 g/mol. The average Bonchev–Trinajstić information content (AvgIpc) is 3.28. The number of tetrazole rings is 1. The van der Waals surface area contributed by atoms with E-state index in [1.54, 1.807) is 12.0 Å². The summed E-state index contributed by atoms with van der Waals surface area (Å²) in [6.45, 7) is 2.34. The minimum absolute atomic E-state index is 0.234. The average molecular weight is 382 g/mol. The fraction of sp³-hybridized carbons (Fsp3) is 0.263. The zero-order chi connectivity index (χ0) is 19.5. The standard InChI is InChI=1S/C19H19FN6O2/c1-28-18-5-3-2-4-17(18)24-8-10-25(11-9-24)19(27)15-12-14(20)6-7-16(15)26-13-21-22-23-26/h2-7,12-13H,8-11H2,1H3. The van der Waals surface area contributed by atoms with Crippen LogP contribution in [0.2, 0.25) is 0 Å². The van der Waals surface area contributed by atoms with Gasteiger partial charge in [-0.1, -0.05) is 12.1 Å². The molecule has 9 heteroatoms. The van der Waals surface area contributed by atoms with Gasteiger partial charge >= 0.3 is 0 Å². The van der Waals surface area contributed by atoms with Crippen LogP contribution in [0, 0.1) is 5.82 Å². The maximum Gasteiger partial charge on any atom is 0.256 e. The minimum Gasteiger partial charge on any atom is -0.495 e. The summed E-state index contributed by atoms with van der Waals surface area (Å²) in [5.41, 5.74) is 1.68. The second-order valence-corrected chi connectivity index (χ2v) is 6.37. The Morgan fingerprint density at radius 1 is 1.07 bits per heavy atom. The minimum atomic E-state index is -0.479. The van der Waals surface area contributed by atoms with Crippen LogP contribution in [0.25, 0.3) is 5.69 Å². The van der Waals surface area contributed by atoms with E-state index in [9.17, 15) is 9.18 Å². The Morgan fingerprint density at radius 2 is 1.86 bits per heavy atom. The van der Waals surface area contributed by atoms with Crippen molar-refractivity contribution < 1.29 is 13.9 Å². The number of halogens is 1. The molecule has 0 spiro atoms. The number of anilines is 1. The van der Waals surface area contributed by atoms with Crippen LogP contribution >= 0.6 is 0 Å². The van der Waals surface area contributed by atoms with Crippen LogP contribution < -0.4 is 9.64 Å². The third kappa shape index (κ3) is 3.38. The van der Waals surface area contributed by atoms with Crippen molar-refractivity contribution in [3.63, 3.8) is 0 Å². The lowest BCUT2D eigenvalue weighted by molar-refractivity contribution is 0.0746. The zero-order valence-electron chi connectivity index (χ0n) is 15.3. The van der Waals surface area contributed by atoms with E-state index in [4.69, 9.17) is 4.74 Å². The maximum absolute atomic E-state index is 13.8. The summed E-state index contributed by atoms with van der Waals surface area (Å²) >= 11 is 0. The third-order valence-electron chi connectivity index (χ3n) is 4.78. The van der Waals surface area contributed by atoms with Gasteiger partial charge in [0.1, 0.15) is 17.9 Å². The number of aromatic nitrogens is 4. The largest absolute Gasteiger partial charge is 0.495 e. The highest BCUT2D eigenvalue weighted by Crippen LogP contribution is 2.28. The van der Waals surface area contributed by atoms with Crippen LogP contribution in [0.4, 0.5) is 10.1 Å². The van der Waals surface area contributed by atoms with Gasteiger partial charge in [-0.2, -0.15) is 4.68 Å². The lowest BCUT2D eigenvalue weighted by Gasteiger charge is -2.36. The Bertz CT molecular complexity index is 970. The number of hydrogen-bond donors (Lipinski definition) is 0. The first-order chi connectivity index (χ1) is 13.7. The van der Waals surface area contributed by atoms with E-state index < -0.39 is 5.82 Å². The van der Waals surface area contributed by atoms with Crippen LogP contribution in [-0.4, -0.2) is 64.3 Å². The van der Waals surface area contributed by atoms with Gasteiger partial charge in [0.05, 0.1) is 24.0 Å². The molecular formula is C19H19FN6O2. The SMILES string of the molecule is COc1ccccc1N1CCN(C(=O)c2cc(F)ccc2-n2cnnn2)CC1. The quantitative estimate of drug-likeness (QED) is 0.685. The molecule has 28 heavy (non-hydrogen) atoms. The molecule has 1 aromatic heterocycles. The predicted molar refractivity (Wildman–Crippen MR) is 100 cm³/mol. The fourth-order valence-corrected chi connectivity index (χ4v) is 3.36. The van der Waals surface area contributed by atoms with Gasteiger partial charge in [-0.15, -0.1) is 5.10 Å². The first kappa shape index (κ1) is 17.9. The Labute approximate surface area is 161 Å². The van der Waals surface area contributed by atoms with Gasteiger partial charge in [-0.05, 0) is 40.8 Å². The van der Waals surface area contributed by atoms with E-state index in [0.717, 1.165) is 11.4 Å². The van der Waals surface area contributed by atoms with Gasteiger partial charge in [0.2, 0.25) is 0 Å². The summed E-state index contributed by atoms with van der Waals surface area (Å²) in [4.78, 5) is 17.0. The number of carbonyl (C=O) groups excluding carboxylic acids is 1. The van der Waals surface area contributed by atoms with Gasteiger partial charge < -0.3 is 14.5 Å². The van der Waals surface area contributed by atoms with Crippen LogP contribution in [0.15, 0.2) is 48.8 Å². The maximum atomic E-state index is 13.8. The summed E-state index contributed by atoms with van der Waals surface area (Å²) in [5.74, 6) is 0.0749. The van der Waals surface area contributed by atoms with Crippen molar-refractivity contribution in [2.24, 2.45) is 0 Å². The summed E-state index contributed by atoms with van der Waals surface area (Å²) < 4.78 is 20.6. The number of amides is 1. The van der Waals surface area contributed by atoms with E-state index in [0.29, 0.717) is 31.9 Å². The van der Waals surface area contributed by atoms with Crippen molar-refractivity contribution in [3.8, 4) is 11.4 Å². The summed E-state index contributed by atoms with van der Waals surface area (Å²) in [6.07, 6.45) is 1.38. The Kier molecular flexibility index (Phi) is 4.88. The number of rotatable bonds is 4. The Morgan fingerprint density at radius 3 is 2.57 bits per heavy atom. The van der Waals surface area contributed by atoms with E-state index in [1.165, 1.54) is 29.2 Å². The molecule has 3 aromatic rings. The van der Waals surface area contributed by atoms with Crippen LogP contribution in [-0.2, 0) is 0 Å². The van der Waals surface area contributed by atoms with Crippen molar-refractivity contribution in [1.82, 2.24) is 25.1 Å². The molecule has 0 saturated carbocycles. The molecule has 1 fully saturated rings. The smallest absolute Gasteiger partial charge is 0.256 e. The second-order valence-electron chi connectivity index (χ2n) is 6.37. The number of para-hydroxylation sites is 2. The van der Waals surface area contributed by atoms with Crippen LogP contribution in [0.5, 0.6) is 5.75 Å². The molecule has 0 radical (unpaired) electrons.